The van der Waals surface area contributed by atoms with Crippen molar-refractivity contribution in [2.24, 2.45) is 0 Å². The van der Waals surface area contributed by atoms with Crippen LogP contribution in [0.25, 0.3) is 21.5 Å². The first-order chi connectivity index (χ1) is 8.66. The molecular weight excluding hydrogens is 273 g/mol. The Kier molecular flexibility index (Phi) is 4.11. The summed E-state index contributed by atoms with van der Waals surface area (Å²) in [5.74, 6) is -1.20. The minimum atomic E-state index is -1.20. The molecule has 5 heteroatoms. The Morgan fingerprint density at radius 2 is 1.89 bits per heavy atom. The molecule has 0 saturated heterocycles. The molecule has 0 N–H and O–H groups in total. The number of pyridine rings is 1. The van der Waals surface area contributed by atoms with Crippen molar-refractivity contribution in [3.8, 4) is 0 Å². The molecule has 0 bridgehead atoms. The summed E-state index contributed by atoms with van der Waals surface area (Å²) in [7, 11) is 0. The Balaban J connectivity index is 0.00000133. The fourth-order valence-corrected chi connectivity index (χ4v) is 2.37. The average Bonchev–Trinajstić information content (AvgIpc) is 2.38. The van der Waals surface area contributed by atoms with Gasteiger partial charge in [-0.1, -0.05) is 23.7 Å². The van der Waals surface area contributed by atoms with Gasteiger partial charge < -0.3 is 9.90 Å². The number of carbonyl (C=O) groups is 1. The van der Waals surface area contributed by atoms with Crippen molar-refractivity contribution in [3.63, 3.8) is 0 Å². The Labute approximate surface area is 136 Å². The van der Waals surface area contributed by atoms with Gasteiger partial charge >= 0.3 is 29.6 Å². The first kappa shape index (κ1) is 14.3. The predicted octanol–water partition coefficient (Wildman–Crippen LogP) is -0.591. The van der Waals surface area contributed by atoms with Crippen molar-refractivity contribution in [1.29, 1.82) is 0 Å². The van der Waals surface area contributed by atoms with Gasteiger partial charge in [0.1, 0.15) is 0 Å². The van der Waals surface area contributed by atoms with Gasteiger partial charge in [-0.2, -0.15) is 0 Å². The van der Waals surface area contributed by atoms with Crippen LogP contribution in [0, 0.1) is 0 Å². The zero-order chi connectivity index (χ0) is 12.7. The van der Waals surface area contributed by atoms with Crippen LogP contribution in [0.1, 0.15) is 10.4 Å². The number of carboxylic acid groups (broad SMARTS) is 1. The van der Waals surface area contributed by atoms with Crippen LogP contribution < -0.4 is 34.7 Å². The molecule has 0 radical (unpaired) electrons. The zero-order valence-corrected chi connectivity index (χ0v) is 12.9. The van der Waals surface area contributed by atoms with Gasteiger partial charge in [0.2, 0.25) is 0 Å². The van der Waals surface area contributed by atoms with Crippen LogP contribution in [0.3, 0.4) is 0 Å². The number of aromatic carboxylic acids is 1. The van der Waals surface area contributed by atoms with Crippen LogP contribution in [0.2, 0.25) is 5.02 Å². The van der Waals surface area contributed by atoms with E-state index >= 15 is 0 Å². The van der Waals surface area contributed by atoms with Crippen molar-refractivity contribution < 1.29 is 39.5 Å². The van der Waals surface area contributed by atoms with E-state index in [1.54, 1.807) is 30.6 Å². The molecule has 1 heterocycles. The standard InChI is InChI=1S/C14H8ClNO2.Na/c15-13-6-9-5-8(14(17)18)1-2-10(9)12-7-16-4-3-11(12)13;/h1-7H,(H,17,18);/q;+1/p-1. The van der Waals surface area contributed by atoms with Crippen LogP contribution in [-0.4, -0.2) is 11.0 Å². The number of fused-ring (bicyclic) bond motifs is 3. The monoisotopic (exact) mass is 279 g/mol. The molecule has 2 aromatic carbocycles. The minimum Gasteiger partial charge on any atom is -0.545 e. The van der Waals surface area contributed by atoms with Gasteiger partial charge in [0.05, 0.1) is 5.97 Å². The van der Waals surface area contributed by atoms with Crippen LogP contribution in [0.15, 0.2) is 42.7 Å². The molecule has 88 valence electrons. The van der Waals surface area contributed by atoms with Crippen LogP contribution >= 0.6 is 11.6 Å². The summed E-state index contributed by atoms with van der Waals surface area (Å²) in [4.78, 5) is 14.9. The van der Waals surface area contributed by atoms with Gasteiger partial charge in [0.15, 0.2) is 0 Å². The number of rotatable bonds is 1. The number of halogens is 1. The van der Waals surface area contributed by atoms with E-state index in [0.29, 0.717) is 5.02 Å². The van der Waals surface area contributed by atoms with Crippen molar-refractivity contribution >= 4 is 39.1 Å². The van der Waals surface area contributed by atoms with Gasteiger partial charge in [-0.15, -0.1) is 0 Å². The van der Waals surface area contributed by atoms with E-state index in [4.69, 9.17) is 11.6 Å². The maximum absolute atomic E-state index is 10.8. The first-order valence-corrected chi connectivity index (χ1v) is 5.72. The molecular formula is C14H7ClNNaO2. The molecule has 0 amide bonds. The Morgan fingerprint density at radius 1 is 1.11 bits per heavy atom. The number of benzene rings is 2. The van der Waals surface area contributed by atoms with E-state index in [-0.39, 0.29) is 35.1 Å². The van der Waals surface area contributed by atoms with Crippen molar-refractivity contribution in [2.75, 3.05) is 0 Å². The summed E-state index contributed by atoms with van der Waals surface area (Å²) < 4.78 is 0. The molecule has 0 aliphatic carbocycles. The van der Waals surface area contributed by atoms with Gasteiger partial charge in [-0.05, 0) is 34.5 Å². The van der Waals surface area contributed by atoms with Crippen LogP contribution in [0.5, 0.6) is 0 Å². The molecule has 0 saturated carbocycles. The normalized spacial score (nSPS) is 10.4. The van der Waals surface area contributed by atoms with Gasteiger partial charge in [-0.3, -0.25) is 4.98 Å². The van der Waals surface area contributed by atoms with Crippen molar-refractivity contribution in [1.82, 2.24) is 4.98 Å². The summed E-state index contributed by atoms with van der Waals surface area (Å²) in [5, 5.41) is 14.9. The summed E-state index contributed by atoms with van der Waals surface area (Å²) >= 11 is 6.18. The second kappa shape index (κ2) is 5.47. The first-order valence-electron chi connectivity index (χ1n) is 5.34. The van der Waals surface area contributed by atoms with Gasteiger partial charge in [0, 0.05) is 28.2 Å². The summed E-state index contributed by atoms with van der Waals surface area (Å²) in [6.45, 7) is 0. The van der Waals surface area contributed by atoms with E-state index in [2.05, 4.69) is 4.98 Å². The van der Waals surface area contributed by atoms with E-state index < -0.39 is 5.97 Å². The molecule has 0 atom stereocenters. The molecule has 0 unspecified atom stereocenters. The van der Waals surface area contributed by atoms with E-state index in [1.165, 1.54) is 6.07 Å². The number of hydrogen-bond donors (Lipinski definition) is 0. The van der Waals surface area contributed by atoms with E-state index in [1.807, 2.05) is 6.07 Å². The second-order valence-electron chi connectivity index (χ2n) is 4.00. The summed E-state index contributed by atoms with van der Waals surface area (Å²) in [6, 6.07) is 8.43. The van der Waals surface area contributed by atoms with Crippen LogP contribution in [0.4, 0.5) is 0 Å². The van der Waals surface area contributed by atoms with Crippen LogP contribution in [-0.2, 0) is 0 Å². The van der Waals surface area contributed by atoms with Crippen molar-refractivity contribution in [3.05, 3.63) is 53.3 Å². The fraction of sp³-hybridized carbons (Fsp3) is 0. The Morgan fingerprint density at radius 3 is 2.63 bits per heavy atom. The largest absolute Gasteiger partial charge is 1.00 e. The number of aromatic nitrogens is 1. The van der Waals surface area contributed by atoms with E-state index in [0.717, 1.165) is 21.5 Å². The zero-order valence-electron chi connectivity index (χ0n) is 10.2. The summed E-state index contributed by atoms with van der Waals surface area (Å²) in [5.41, 5.74) is 0.141. The Hall–Kier alpha value is -1.13. The second-order valence-corrected chi connectivity index (χ2v) is 4.41. The fourth-order valence-electron chi connectivity index (χ4n) is 2.09. The maximum Gasteiger partial charge on any atom is 1.00 e. The van der Waals surface area contributed by atoms with E-state index in [9.17, 15) is 9.90 Å². The minimum absolute atomic E-state index is 0. The summed E-state index contributed by atoms with van der Waals surface area (Å²) in [6.07, 6.45) is 3.40. The molecule has 3 rings (SSSR count). The number of hydrogen-bond acceptors (Lipinski definition) is 3. The molecule has 0 aliphatic rings. The smallest absolute Gasteiger partial charge is 0.545 e. The quantitative estimate of drug-likeness (QED) is 0.442. The third-order valence-electron chi connectivity index (χ3n) is 2.94. The molecule has 3 nitrogen and oxygen atoms in total. The van der Waals surface area contributed by atoms with Gasteiger partial charge in [0.25, 0.3) is 0 Å². The molecule has 19 heavy (non-hydrogen) atoms. The molecule has 0 spiro atoms. The number of nitrogens with zero attached hydrogens (tertiary/aromatic N) is 1. The topological polar surface area (TPSA) is 53.0 Å². The molecule has 0 fully saturated rings. The third kappa shape index (κ3) is 2.47. The number of carboxylic acids is 1. The third-order valence-corrected chi connectivity index (χ3v) is 3.25. The molecule has 3 aromatic rings. The SMILES string of the molecule is O=C([O-])c1ccc2c(c1)cc(Cl)c1ccncc12.[Na+]. The maximum atomic E-state index is 10.8. The number of carbonyl (C=O) groups excluding carboxylic acids is 1. The Bertz CT molecular complexity index is 789. The molecule has 1 aromatic heterocycles. The van der Waals surface area contributed by atoms with Crippen molar-refractivity contribution in [2.45, 2.75) is 0 Å². The average molecular weight is 280 g/mol. The van der Waals surface area contributed by atoms with Gasteiger partial charge in [-0.25, -0.2) is 0 Å². The molecule has 0 aliphatic heterocycles. The predicted molar refractivity (Wildman–Crippen MR) is 68.6 cm³/mol.